The van der Waals surface area contributed by atoms with Gasteiger partial charge in [-0.3, -0.25) is 0 Å². The molecule has 1 aromatic heterocycles. The van der Waals surface area contributed by atoms with Gasteiger partial charge >= 0.3 is 0 Å². The second kappa shape index (κ2) is 12.9. The molecule has 12 rings (SSSR count). The van der Waals surface area contributed by atoms with E-state index in [1.54, 1.807) is 0 Å². The normalized spacial score (nSPS) is 13.3. The van der Waals surface area contributed by atoms with Crippen molar-refractivity contribution in [3.63, 3.8) is 0 Å². The number of nitrogens with zero attached hydrogens (tertiary/aromatic N) is 2. The van der Waals surface area contributed by atoms with Crippen molar-refractivity contribution in [2.75, 3.05) is 9.80 Å². The molecule has 1 spiro atoms. The van der Waals surface area contributed by atoms with Crippen LogP contribution in [0, 0.1) is 0 Å². The van der Waals surface area contributed by atoms with Gasteiger partial charge in [0.05, 0.1) is 27.2 Å². The van der Waals surface area contributed by atoms with E-state index < -0.39 is 5.41 Å². The summed E-state index contributed by atoms with van der Waals surface area (Å²) < 4.78 is 2.58. The summed E-state index contributed by atoms with van der Waals surface area (Å²) >= 11 is 1.90. The Bertz CT molecular complexity index is 3100. The van der Waals surface area contributed by atoms with E-state index in [0.717, 1.165) is 17.1 Å². The molecule has 1 aliphatic heterocycles. The Kier molecular flexibility index (Phi) is 7.35. The minimum Gasteiger partial charge on any atom is -0.310 e. The number of thiophene rings is 1. The zero-order valence-corrected chi connectivity index (χ0v) is 32.4. The largest absolute Gasteiger partial charge is 0.310 e. The third-order valence-corrected chi connectivity index (χ3v) is 13.5. The maximum Gasteiger partial charge on any atom is 0.0754 e. The molecule has 10 aromatic rings. The average molecular weight is 757 g/mol. The van der Waals surface area contributed by atoms with Crippen LogP contribution < -0.4 is 9.80 Å². The van der Waals surface area contributed by atoms with Gasteiger partial charge in [-0.1, -0.05) is 158 Å². The average Bonchev–Trinajstić information content (AvgIpc) is 3.82. The van der Waals surface area contributed by atoms with Crippen molar-refractivity contribution in [1.29, 1.82) is 0 Å². The van der Waals surface area contributed by atoms with E-state index in [0.29, 0.717) is 0 Å². The number of benzene rings is 9. The third-order valence-electron chi connectivity index (χ3n) is 12.2. The van der Waals surface area contributed by atoms with Gasteiger partial charge in [0.1, 0.15) is 0 Å². The van der Waals surface area contributed by atoms with E-state index >= 15 is 0 Å². The second-order valence-electron chi connectivity index (χ2n) is 15.2. The maximum absolute atomic E-state index is 2.52. The molecule has 2 nitrogen and oxygen atoms in total. The number of fused-ring (bicyclic) bond motifs is 12. The predicted octanol–water partition coefficient (Wildman–Crippen LogP) is 15.3. The van der Waals surface area contributed by atoms with Gasteiger partial charge in [-0.15, -0.1) is 11.3 Å². The zero-order chi connectivity index (χ0) is 38.2. The lowest BCUT2D eigenvalue weighted by Crippen LogP contribution is -2.36. The van der Waals surface area contributed by atoms with Gasteiger partial charge in [-0.2, -0.15) is 0 Å². The maximum atomic E-state index is 2.52. The van der Waals surface area contributed by atoms with Crippen molar-refractivity contribution < 1.29 is 0 Å². The fourth-order valence-corrected chi connectivity index (χ4v) is 11.3. The smallest absolute Gasteiger partial charge is 0.0754 e. The Morgan fingerprint density at radius 3 is 1.57 bits per heavy atom. The number of rotatable bonds is 5. The molecule has 0 radical (unpaired) electrons. The van der Waals surface area contributed by atoms with E-state index in [9.17, 15) is 0 Å². The summed E-state index contributed by atoms with van der Waals surface area (Å²) in [5, 5.41) is 2.56. The van der Waals surface area contributed by atoms with E-state index in [1.165, 1.54) is 81.7 Å². The van der Waals surface area contributed by atoms with Gasteiger partial charge in [0.25, 0.3) is 0 Å². The van der Waals surface area contributed by atoms with E-state index in [-0.39, 0.29) is 0 Å². The van der Waals surface area contributed by atoms with Crippen LogP contribution in [-0.2, 0) is 5.41 Å². The first-order valence-corrected chi connectivity index (χ1v) is 20.8. The summed E-state index contributed by atoms with van der Waals surface area (Å²) in [6, 6.07) is 80.3. The quantitative estimate of drug-likeness (QED) is 0.173. The number of hydrogen-bond donors (Lipinski definition) is 0. The Morgan fingerprint density at radius 2 is 0.897 bits per heavy atom. The minimum atomic E-state index is -0.506. The highest BCUT2D eigenvalue weighted by molar-refractivity contribution is 7.27. The van der Waals surface area contributed by atoms with E-state index in [1.807, 2.05) is 11.3 Å². The molecule has 9 aromatic carbocycles. The van der Waals surface area contributed by atoms with Crippen LogP contribution >= 0.6 is 11.3 Å². The molecule has 0 atom stereocenters. The molecule has 1 aliphatic carbocycles. The molecule has 272 valence electrons. The summed E-state index contributed by atoms with van der Waals surface area (Å²) in [6.45, 7) is 0. The van der Waals surface area contributed by atoms with Crippen LogP contribution in [0.3, 0.4) is 0 Å². The monoisotopic (exact) mass is 756 g/mol. The van der Waals surface area contributed by atoms with Crippen LogP contribution in [0.5, 0.6) is 0 Å². The molecular weight excluding hydrogens is 721 g/mol. The molecule has 3 heteroatoms. The molecule has 0 saturated heterocycles. The number of para-hydroxylation sites is 5. The highest BCUT2D eigenvalue weighted by Crippen LogP contribution is 2.63. The highest BCUT2D eigenvalue weighted by atomic mass is 32.1. The standard InChI is InChI=1S/C55H36N2S/c1-4-18-38(19-5-1)56(39-20-6-2-7-21-39)52-33-17-27-45-44-26-16-25-41(53(44)58-54(45)52)37-34-35-43-42-24-10-11-28-46(42)55(49(43)36-37)47-29-12-14-31-50(47)57(40-22-8-3-9-23-40)51-32-15-13-30-48(51)55/h1-36H. The van der Waals surface area contributed by atoms with Crippen molar-refractivity contribution in [3.8, 4) is 22.3 Å². The summed E-state index contributed by atoms with van der Waals surface area (Å²) in [6.07, 6.45) is 0. The molecule has 0 fully saturated rings. The van der Waals surface area contributed by atoms with Crippen LogP contribution in [0.15, 0.2) is 218 Å². The van der Waals surface area contributed by atoms with Crippen molar-refractivity contribution >= 4 is 65.6 Å². The summed E-state index contributed by atoms with van der Waals surface area (Å²) in [5.74, 6) is 0. The molecule has 2 aliphatic rings. The Hall–Kier alpha value is -7.20. The van der Waals surface area contributed by atoms with Crippen LogP contribution in [0.2, 0.25) is 0 Å². The Labute approximate surface area is 342 Å². The van der Waals surface area contributed by atoms with Crippen molar-refractivity contribution in [2.45, 2.75) is 5.41 Å². The fourth-order valence-electron chi connectivity index (χ4n) is 9.92. The Morgan fingerprint density at radius 1 is 0.379 bits per heavy atom. The molecule has 0 saturated carbocycles. The molecule has 0 bridgehead atoms. The van der Waals surface area contributed by atoms with Gasteiger partial charge in [0, 0.05) is 32.5 Å². The fraction of sp³-hybridized carbons (Fsp3) is 0.0182. The molecule has 0 amide bonds. The van der Waals surface area contributed by atoms with E-state index in [2.05, 4.69) is 228 Å². The lowest BCUT2D eigenvalue weighted by atomic mass is 9.64. The van der Waals surface area contributed by atoms with Crippen LogP contribution in [0.1, 0.15) is 22.3 Å². The lowest BCUT2D eigenvalue weighted by Gasteiger charge is -2.45. The third kappa shape index (κ3) is 4.65. The van der Waals surface area contributed by atoms with Crippen LogP contribution in [-0.4, -0.2) is 0 Å². The van der Waals surface area contributed by atoms with Crippen molar-refractivity contribution in [2.24, 2.45) is 0 Å². The van der Waals surface area contributed by atoms with Gasteiger partial charge in [-0.25, -0.2) is 0 Å². The first kappa shape index (κ1) is 33.0. The first-order chi connectivity index (χ1) is 28.8. The van der Waals surface area contributed by atoms with Gasteiger partial charge in [0.2, 0.25) is 0 Å². The SMILES string of the molecule is c1ccc(N2c3ccccc3C3(c4ccccc4-c4ccc(-c5cccc6c5sc5c(N(c7ccccc7)c7ccccc7)cccc56)cc43)c3ccccc32)cc1. The molecule has 0 unspecified atom stereocenters. The molecular formula is C55H36N2S. The first-order valence-electron chi connectivity index (χ1n) is 19.9. The topological polar surface area (TPSA) is 6.48 Å². The Balaban J connectivity index is 1.10. The van der Waals surface area contributed by atoms with Gasteiger partial charge in [-0.05, 0) is 105 Å². The van der Waals surface area contributed by atoms with Crippen LogP contribution in [0.25, 0.3) is 42.4 Å². The molecule has 58 heavy (non-hydrogen) atoms. The summed E-state index contributed by atoms with van der Waals surface area (Å²) in [4.78, 5) is 4.84. The van der Waals surface area contributed by atoms with Gasteiger partial charge in [0.15, 0.2) is 0 Å². The van der Waals surface area contributed by atoms with Crippen LogP contribution in [0.4, 0.5) is 34.1 Å². The predicted molar refractivity (Wildman–Crippen MR) is 245 cm³/mol. The zero-order valence-electron chi connectivity index (χ0n) is 31.6. The number of anilines is 6. The molecule has 0 N–H and O–H groups in total. The molecule has 2 heterocycles. The van der Waals surface area contributed by atoms with Gasteiger partial charge < -0.3 is 9.80 Å². The highest BCUT2D eigenvalue weighted by Gasteiger charge is 2.51. The number of hydrogen-bond acceptors (Lipinski definition) is 3. The summed E-state index contributed by atoms with van der Waals surface area (Å²) in [7, 11) is 0. The van der Waals surface area contributed by atoms with E-state index in [4.69, 9.17) is 0 Å². The van der Waals surface area contributed by atoms with Crippen molar-refractivity contribution in [3.05, 3.63) is 241 Å². The minimum absolute atomic E-state index is 0.506. The lowest BCUT2D eigenvalue weighted by molar-refractivity contribution is 0.753. The second-order valence-corrected chi connectivity index (χ2v) is 16.2. The summed E-state index contributed by atoms with van der Waals surface area (Å²) in [5.41, 5.74) is 16.9. The van der Waals surface area contributed by atoms with Crippen molar-refractivity contribution in [1.82, 2.24) is 0 Å².